The first-order valence-corrected chi connectivity index (χ1v) is 10.5. The summed E-state index contributed by atoms with van der Waals surface area (Å²) in [5.74, 6) is 0.862. The number of nitrogens with one attached hydrogen (secondary N) is 1. The van der Waals surface area contributed by atoms with Crippen LogP contribution in [0.25, 0.3) is 10.9 Å². The van der Waals surface area contributed by atoms with Crippen molar-refractivity contribution >= 4 is 51.4 Å². The minimum absolute atomic E-state index is 0. The van der Waals surface area contributed by atoms with Gasteiger partial charge < -0.3 is 19.7 Å². The van der Waals surface area contributed by atoms with Crippen LogP contribution in [0.1, 0.15) is 0 Å². The molecule has 1 aliphatic heterocycles. The molecule has 0 unspecified atom stereocenters. The number of benzene rings is 2. The molecule has 1 fully saturated rings. The number of hydrogen-bond donors (Lipinski definition) is 1. The van der Waals surface area contributed by atoms with Crippen LogP contribution in [0.15, 0.2) is 53.6 Å². The van der Waals surface area contributed by atoms with Crippen molar-refractivity contribution in [1.29, 1.82) is 0 Å². The fourth-order valence-corrected chi connectivity index (χ4v) is 4.89. The number of anilines is 1. The molecule has 0 amide bonds. The second-order valence-electron chi connectivity index (χ2n) is 6.61. The molecule has 1 saturated heterocycles. The van der Waals surface area contributed by atoms with Gasteiger partial charge in [-0.15, -0.1) is 24.8 Å². The second kappa shape index (κ2) is 9.78. The van der Waals surface area contributed by atoms with E-state index in [2.05, 4.69) is 10.2 Å². The summed E-state index contributed by atoms with van der Waals surface area (Å²) in [4.78, 5) is 2.45. The molecule has 10 heteroatoms. The van der Waals surface area contributed by atoms with E-state index in [0.29, 0.717) is 17.0 Å². The maximum atomic E-state index is 13.2. The number of fused-ring (bicyclic) bond motifs is 1. The summed E-state index contributed by atoms with van der Waals surface area (Å²) in [6, 6.07) is 12.3. The number of aromatic nitrogens is 1. The molecular formula is C20H25Cl2N3O4S. The lowest BCUT2D eigenvalue weighted by atomic mass is 10.2. The number of ether oxygens (including phenoxy) is 2. The Morgan fingerprint density at radius 3 is 2.27 bits per heavy atom. The predicted octanol–water partition coefficient (Wildman–Crippen LogP) is 3.15. The Labute approximate surface area is 188 Å². The van der Waals surface area contributed by atoms with Crippen LogP contribution in [0.4, 0.5) is 5.69 Å². The average molecular weight is 474 g/mol. The van der Waals surface area contributed by atoms with Gasteiger partial charge in [0.05, 0.1) is 24.6 Å². The van der Waals surface area contributed by atoms with Gasteiger partial charge in [-0.1, -0.05) is 0 Å². The molecule has 0 bridgehead atoms. The van der Waals surface area contributed by atoms with E-state index in [0.717, 1.165) is 37.3 Å². The number of piperazine rings is 1. The lowest BCUT2D eigenvalue weighted by Gasteiger charge is -2.29. The van der Waals surface area contributed by atoms with Gasteiger partial charge in [0.1, 0.15) is 0 Å². The summed E-state index contributed by atoms with van der Waals surface area (Å²) >= 11 is 0. The van der Waals surface area contributed by atoms with Crippen molar-refractivity contribution in [3.8, 4) is 11.5 Å². The van der Waals surface area contributed by atoms with E-state index >= 15 is 0 Å². The van der Waals surface area contributed by atoms with Crippen LogP contribution in [0.2, 0.25) is 0 Å². The van der Waals surface area contributed by atoms with Crippen molar-refractivity contribution in [2.24, 2.45) is 0 Å². The standard InChI is InChI=1S/C20H23N3O4S.2ClH/c1-26-19-6-4-17(14-20(19)27-2)28(24,25)23-10-7-15-13-16(3-5-18(15)23)22-11-8-21-9-12-22;;/h3-7,10,13-14,21H,8-9,11-12H2,1-2H3;2*1H. The summed E-state index contributed by atoms with van der Waals surface area (Å²) < 4.78 is 38.2. The van der Waals surface area contributed by atoms with E-state index in [1.54, 1.807) is 12.3 Å². The summed E-state index contributed by atoms with van der Waals surface area (Å²) in [7, 11) is -0.762. The first-order chi connectivity index (χ1) is 13.5. The third-order valence-electron chi connectivity index (χ3n) is 5.03. The molecule has 2 heterocycles. The van der Waals surface area contributed by atoms with E-state index < -0.39 is 10.0 Å². The first-order valence-electron chi connectivity index (χ1n) is 9.09. The number of nitrogens with zero attached hydrogens (tertiary/aromatic N) is 2. The Morgan fingerprint density at radius 1 is 0.900 bits per heavy atom. The SMILES string of the molecule is COc1ccc(S(=O)(=O)n2ccc3cc(N4CCNCC4)ccc32)cc1OC.Cl.Cl. The van der Waals surface area contributed by atoms with Gasteiger partial charge >= 0.3 is 0 Å². The fraction of sp³-hybridized carbons (Fsp3) is 0.300. The van der Waals surface area contributed by atoms with Crippen LogP contribution in [0.5, 0.6) is 11.5 Å². The highest BCUT2D eigenvalue weighted by Gasteiger charge is 2.21. The topological polar surface area (TPSA) is 72.8 Å². The Hall–Kier alpha value is -2.13. The van der Waals surface area contributed by atoms with Crippen molar-refractivity contribution in [2.75, 3.05) is 45.3 Å². The molecule has 0 saturated carbocycles. The molecule has 1 N–H and O–H groups in total. The van der Waals surface area contributed by atoms with Crippen LogP contribution >= 0.6 is 24.8 Å². The molecule has 4 rings (SSSR count). The molecule has 1 aliphatic rings. The zero-order valence-electron chi connectivity index (χ0n) is 16.7. The minimum atomic E-state index is -3.76. The van der Waals surface area contributed by atoms with Gasteiger partial charge in [0, 0.05) is 49.5 Å². The molecule has 0 aliphatic carbocycles. The largest absolute Gasteiger partial charge is 0.493 e. The van der Waals surface area contributed by atoms with Gasteiger partial charge in [0.15, 0.2) is 11.5 Å². The maximum Gasteiger partial charge on any atom is 0.268 e. The normalized spacial score (nSPS) is 14.0. The monoisotopic (exact) mass is 473 g/mol. The smallest absolute Gasteiger partial charge is 0.268 e. The van der Waals surface area contributed by atoms with Crippen LogP contribution < -0.4 is 19.7 Å². The highest BCUT2D eigenvalue weighted by Crippen LogP contribution is 2.32. The first kappa shape index (κ1) is 24.1. The molecule has 3 aromatic rings. The van der Waals surface area contributed by atoms with E-state index in [4.69, 9.17) is 9.47 Å². The number of hydrogen-bond acceptors (Lipinski definition) is 6. The zero-order chi connectivity index (χ0) is 19.7. The van der Waals surface area contributed by atoms with E-state index in [-0.39, 0.29) is 29.7 Å². The molecule has 1 aromatic heterocycles. The Morgan fingerprint density at radius 2 is 1.60 bits per heavy atom. The van der Waals surface area contributed by atoms with E-state index in [9.17, 15) is 8.42 Å². The molecule has 2 aromatic carbocycles. The van der Waals surface area contributed by atoms with Gasteiger partial charge in [0.25, 0.3) is 10.0 Å². The van der Waals surface area contributed by atoms with Crippen molar-refractivity contribution in [1.82, 2.24) is 9.29 Å². The number of rotatable bonds is 5. The Bertz CT molecular complexity index is 1110. The second-order valence-corrected chi connectivity index (χ2v) is 8.43. The zero-order valence-corrected chi connectivity index (χ0v) is 19.1. The summed E-state index contributed by atoms with van der Waals surface area (Å²) in [5.41, 5.74) is 1.75. The number of halogens is 2. The molecule has 30 heavy (non-hydrogen) atoms. The summed E-state index contributed by atoms with van der Waals surface area (Å²) in [6.07, 6.45) is 1.60. The van der Waals surface area contributed by atoms with Crippen LogP contribution in [0, 0.1) is 0 Å². The van der Waals surface area contributed by atoms with Gasteiger partial charge in [-0.2, -0.15) is 0 Å². The Balaban J connectivity index is 0.00000160. The fourth-order valence-electron chi connectivity index (χ4n) is 3.52. The van der Waals surface area contributed by atoms with Gasteiger partial charge in [-0.25, -0.2) is 12.4 Å². The van der Waals surface area contributed by atoms with Crippen LogP contribution in [0.3, 0.4) is 0 Å². The van der Waals surface area contributed by atoms with Crippen molar-refractivity contribution < 1.29 is 17.9 Å². The number of methoxy groups -OCH3 is 2. The van der Waals surface area contributed by atoms with Gasteiger partial charge in [0.2, 0.25) is 0 Å². The Kier molecular flexibility index (Phi) is 7.87. The van der Waals surface area contributed by atoms with Crippen molar-refractivity contribution in [3.05, 3.63) is 48.7 Å². The predicted molar refractivity (Wildman–Crippen MR) is 124 cm³/mol. The van der Waals surface area contributed by atoms with Crippen LogP contribution in [-0.2, 0) is 10.0 Å². The van der Waals surface area contributed by atoms with E-state index in [1.807, 2.05) is 24.3 Å². The third kappa shape index (κ3) is 4.32. The van der Waals surface area contributed by atoms with Crippen molar-refractivity contribution in [2.45, 2.75) is 4.90 Å². The average Bonchev–Trinajstić information content (AvgIpc) is 3.18. The van der Waals surface area contributed by atoms with Gasteiger partial charge in [-0.3, -0.25) is 0 Å². The molecule has 0 radical (unpaired) electrons. The molecule has 7 nitrogen and oxygen atoms in total. The van der Waals surface area contributed by atoms with Gasteiger partial charge in [-0.05, 0) is 36.4 Å². The minimum Gasteiger partial charge on any atom is -0.493 e. The molecule has 0 atom stereocenters. The lowest BCUT2D eigenvalue weighted by molar-refractivity contribution is 0.354. The van der Waals surface area contributed by atoms with Crippen LogP contribution in [-0.4, -0.2) is 52.8 Å². The quantitative estimate of drug-likeness (QED) is 0.613. The van der Waals surface area contributed by atoms with E-state index in [1.165, 1.54) is 30.3 Å². The molecule has 0 spiro atoms. The highest BCUT2D eigenvalue weighted by molar-refractivity contribution is 7.90. The third-order valence-corrected chi connectivity index (χ3v) is 6.72. The summed E-state index contributed by atoms with van der Waals surface area (Å²) in [6.45, 7) is 3.78. The molecular weight excluding hydrogens is 449 g/mol. The highest BCUT2D eigenvalue weighted by atomic mass is 35.5. The molecule has 164 valence electrons. The lowest BCUT2D eigenvalue weighted by Crippen LogP contribution is -2.43. The van der Waals surface area contributed by atoms with Crippen molar-refractivity contribution in [3.63, 3.8) is 0 Å². The summed E-state index contributed by atoms with van der Waals surface area (Å²) in [5, 5.41) is 4.23. The maximum absolute atomic E-state index is 13.2.